The van der Waals surface area contributed by atoms with Crippen molar-refractivity contribution in [3.8, 4) is 11.8 Å². The number of nitrogens with zero attached hydrogens (tertiary/aromatic N) is 2. The summed E-state index contributed by atoms with van der Waals surface area (Å²) >= 11 is 1.27. The Balaban J connectivity index is 1.88. The molecule has 1 aliphatic rings. The summed E-state index contributed by atoms with van der Waals surface area (Å²) in [4.78, 5) is 12.0. The van der Waals surface area contributed by atoms with Crippen molar-refractivity contribution in [2.75, 3.05) is 31.7 Å². The third-order valence-corrected chi connectivity index (χ3v) is 6.63. The van der Waals surface area contributed by atoms with Crippen molar-refractivity contribution in [3.63, 3.8) is 0 Å². The smallest absolute Gasteiger partial charge is 0.243 e. The lowest BCUT2D eigenvalue weighted by molar-refractivity contribution is -0.119. The fourth-order valence-electron chi connectivity index (χ4n) is 2.60. The number of ether oxygens (including phenoxy) is 1. The third-order valence-electron chi connectivity index (χ3n) is 3.92. The van der Waals surface area contributed by atoms with E-state index >= 15 is 0 Å². The molecule has 0 radical (unpaired) electrons. The quantitative estimate of drug-likeness (QED) is 0.711. The van der Waals surface area contributed by atoms with E-state index < -0.39 is 10.0 Å². The summed E-state index contributed by atoms with van der Waals surface area (Å²) < 4.78 is 31.8. The molecule has 1 aromatic rings. The Morgan fingerprint density at radius 3 is 2.56 bits per heavy atom. The Morgan fingerprint density at radius 2 is 2.00 bits per heavy atom. The van der Waals surface area contributed by atoms with Crippen molar-refractivity contribution < 1.29 is 17.9 Å². The maximum Gasteiger partial charge on any atom is 0.243 e. The van der Waals surface area contributed by atoms with Gasteiger partial charge in [-0.2, -0.15) is 9.57 Å². The Bertz CT molecular complexity index is 721. The van der Waals surface area contributed by atoms with E-state index in [1.54, 1.807) is 12.1 Å². The molecule has 0 unspecified atom stereocenters. The van der Waals surface area contributed by atoms with E-state index in [-0.39, 0.29) is 28.4 Å². The first-order valence-corrected chi connectivity index (χ1v) is 10.4. The van der Waals surface area contributed by atoms with Crippen LogP contribution in [0.4, 0.5) is 0 Å². The third kappa shape index (κ3) is 5.36. The number of nitrogens with one attached hydrogen (secondary N) is 1. The van der Waals surface area contributed by atoms with Gasteiger partial charge in [0.1, 0.15) is 5.75 Å². The molecule has 1 N–H and O–H groups in total. The molecule has 1 aromatic carbocycles. The number of methoxy groups -OCH3 is 1. The second-order valence-corrected chi connectivity index (χ2v) is 8.50. The van der Waals surface area contributed by atoms with Gasteiger partial charge in [0.05, 0.1) is 29.6 Å². The first-order chi connectivity index (χ1) is 12.0. The average Bonchev–Trinajstić information content (AvgIpc) is 2.62. The van der Waals surface area contributed by atoms with E-state index in [0.29, 0.717) is 31.7 Å². The van der Waals surface area contributed by atoms with Crippen LogP contribution in [0.25, 0.3) is 0 Å². The van der Waals surface area contributed by atoms with Crippen molar-refractivity contribution in [3.05, 3.63) is 24.3 Å². The number of amides is 1. The Morgan fingerprint density at radius 1 is 1.36 bits per heavy atom. The molecule has 2 rings (SSSR count). The molecule has 1 heterocycles. The molecule has 136 valence electrons. The molecule has 0 bridgehead atoms. The van der Waals surface area contributed by atoms with Gasteiger partial charge in [-0.15, -0.1) is 11.8 Å². The number of benzene rings is 1. The normalized spacial score (nSPS) is 16.2. The number of hydrogen-bond donors (Lipinski definition) is 1. The van der Waals surface area contributed by atoms with Crippen molar-refractivity contribution in [1.82, 2.24) is 9.62 Å². The zero-order valence-electron chi connectivity index (χ0n) is 14.0. The van der Waals surface area contributed by atoms with Gasteiger partial charge in [-0.05, 0) is 37.1 Å². The molecule has 7 nitrogen and oxygen atoms in total. The van der Waals surface area contributed by atoms with E-state index in [1.807, 2.05) is 6.07 Å². The summed E-state index contributed by atoms with van der Waals surface area (Å²) in [5.41, 5.74) is 0. The SMILES string of the molecule is COc1ccc(S(=O)(=O)N2CCC(NC(=O)CSCC#N)CC2)cc1. The van der Waals surface area contributed by atoms with Gasteiger partial charge in [0.15, 0.2) is 0 Å². The fourth-order valence-corrected chi connectivity index (χ4v) is 4.53. The minimum Gasteiger partial charge on any atom is -0.497 e. The van der Waals surface area contributed by atoms with Gasteiger partial charge >= 0.3 is 0 Å². The number of thioether (sulfide) groups is 1. The summed E-state index contributed by atoms with van der Waals surface area (Å²) in [5, 5.41) is 11.4. The number of carbonyl (C=O) groups excluding carboxylic acids is 1. The predicted octanol–water partition coefficient (Wildman–Crippen LogP) is 1.22. The van der Waals surface area contributed by atoms with E-state index in [4.69, 9.17) is 10.00 Å². The molecule has 0 spiro atoms. The molecule has 0 saturated carbocycles. The van der Waals surface area contributed by atoms with Crippen LogP contribution in [0.15, 0.2) is 29.2 Å². The van der Waals surface area contributed by atoms with Crippen LogP contribution in [0.2, 0.25) is 0 Å². The largest absolute Gasteiger partial charge is 0.497 e. The van der Waals surface area contributed by atoms with E-state index in [9.17, 15) is 13.2 Å². The second kappa shape index (κ2) is 9.08. The van der Waals surface area contributed by atoms with Crippen LogP contribution < -0.4 is 10.1 Å². The lowest BCUT2D eigenvalue weighted by atomic mass is 10.1. The number of hydrogen-bond acceptors (Lipinski definition) is 6. The van der Waals surface area contributed by atoms with Crippen LogP contribution in [-0.4, -0.2) is 56.4 Å². The maximum atomic E-state index is 12.7. The average molecular weight is 383 g/mol. The van der Waals surface area contributed by atoms with Crippen molar-refractivity contribution in [2.45, 2.75) is 23.8 Å². The molecule has 25 heavy (non-hydrogen) atoms. The molecule has 0 aromatic heterocycles. The maximum absolute atomic E-state index is 12.7. The summed E-state index contributed by atoms with van der Waals surface area (Å²) in [5.74, 6) is 1.02. The van der Waals surface area contributed by atoms with Crippen LogP contribution in [0.5, 0.6) is 5.75 Å². The highest BCUT2D eigenvalue weighted by atomic mass is 32.2. The van der Waals surface area contributed by atoms with Crippen LogP contribution in [-0.2, 0) is 14.8 Å². The molecule has 1 amide bonds. The summed E-state index contributed by atoms with van der Waals surface area (Å²) in [6, 6.07) is 8.26. The highest BCUT2D eigenvalue weighted by molar-refractivity contribution is 8.00. The Labute approximate surface area is 152 Å². The Hall–Kier alpha value is -1.76. The standard InChI is InChI=1S/C16H21N3O4S2/c1-23-14-2-4-15(5-3-14)25(21,22)19-9-6-13(7-10-19)18-16(20)12-24-11-8-17/h2-5,13H,6-7,9-12H2,1H3,(H,18,20). The van der Waals surface area contributed by atoms with E-state index in [1.165, 1.54) is 35.3 Å². The number of carbonyl (C=O) groups is 1. The number of rotatable bonds is 7. The molecule has 1 saturated heterocycles. The van der Waals surface area contributed by atoms with Gasteiger partial charge in [-0.25, -0.2) is 8.42 Å². The lowest BCUT2D eigenvalue weighted by Crippen LogP contribution is -2.46. The lowest BCUT2D eigenvalue weighted by Gasteiger charge is -2.31. The van der Waals surface area contributed by atoms with Gasteiger partial charge in [0, 0.05) is 19.1 Å². The van der Waals surface area contributed by atoms with Crippen molar-refractivity contribution >= 4 is 27.7 Å². The van der Waals surface area contributed by atoms with Crippen molar-refractivity contribution in [2.24, 2.45) is 0 Å². The van der Waals surface area contributed by atoms with Gasteiger partial charge in [0.25, 0.3) is 0 Å². The fraction of sp³-hybridized carbons (Fsp3) is 0.500. The van der Waals surface area contributed by atoms with Gasteiger partial charge in [-0.3, -0.25) is 4.79 Å². The molecule has 0 atom stereocenters. The zero-order valence-corrected chi connectivity index (χ0v) is 15.6. The van der Waals surface area contributed by atoms with Crippen LogP contribution in [0.3, 0.4) is 0 Å². The molecule has 9 heteroatoms. The summed E-state index contributed by atoms with van der Waals surface area (Å²) in [7, 11) is -2.00. The van der Waals surface area contributed by atoms with Gasteiger partial charge < -0.3 is 10.1 Å². The van der Waals surface area contributed by atoms with E-state index in [2.05, 4.69) is 5.32 Å². The summed E-state index contributed by atoms with van der Waals surface area (Å²) in [6.45, 7) is 0.731. The molecule has 1 aliphatic heterocycles. The van der Waals surface area contributed by atoms with E-state index in [0.717, 1.165) is 0 Å². The number of piperidine rings is 1. The minimum atomic E-state index is -3.53. The number of sulfonamides is 1. The molecular weight excluding hydrogens is 362 g/mol. The van der Waals surface area contributed by atoms with Crippen LogP contribution in [0.1, 0.15) is 12.8 Å². The topological polar surface area (TPSA) is 99.5 Å². The predicted molar refractivity (Wildman–Crippen MR) is 95.9 cm³/mol. The molecular formula is C16H21N3O4S2. The molecule has 0 aliphatic carbocycles. The summed E-state index contributed by atoms with van der Waals surface area (Å²) in [6.07, 6.45) is 1.15. The monoisotopic (exact) mass is 383 g/mol. The number of nitriles is 1. The zero-order chi connectivity index (χ0) is 18.3. The highest BCUT2D eigenvalue weighted by Gasteiger charge is 2.29. The first-order valence-electron chi connectivity index (χ1n) is 7.85. The second-order valence-electron chi connectivity index (χ2n) is 5.57. The highest BCUT2D eigenvalue weighted by Crippen LogP contribution is 2.22. The van der Waals surface area contributed by atoms with Crippen LogP contribution >= 0.6 is 11.8 Å². The molecule has 1 fully saturated rings. The minimum absolute atomic E-state index is 0.0301. The van der Waals surface area contributed by atoms with Gasteiger partial charge in [-0.1, -0.05) is 0 Å². The van der Waals surface area contributed by atoms with Crippen molar-refractivity contribution in [1.29, 1.82) is 5.26 Å². The van der Waals surface area contributed by atoms with Gasteiger partial charge in [0.2, 0.25) is 15.9 Å². The first kappa shape index (κ1) is 19.6. The Kier molecular flexibility index (Phi) is 7.11. The van der Waals surface area contributed by atoms with Crippen LogP contribution in [0, 0.1) is 11.3 Å².